The van der Waals surface area contributed by atoms with Gasteiger partial charge in [0.25, 0.3) is 5.78 Å². The van der Waals surface area contributed by atoms with Crippen molar-refractivity contribution in [3.8, 4) is 5.75 Å². The molecule has 0 saturated carbocycles. The van der Waals surface area contributed by atoms with Crippen molar-refractivity contribution in [1.29, 1.82) is 0 Å². The summed E-state index contributed by atoms with van der Waals surface area (Å²) in [6.45, 7) is 5.76. The molecule has 1 amide bonds. The molecule has 1 fully saturated rings. The number of hydrogen-bond donors (Lipinski definition) is 1. The molecule has 186 valence electrons. The second-order valence-corrected chi connectivity index (χ2v) is 9.23. The summed E-state index contributed by atoms with van der Waals surface area (Å²) in [6, 6.07) is 12.2. The molecule has 0 spiro atoms. The van der Waals surface area contributed by atoms with Crippen LogP contribution in [0.25, 0.3) is 5.76 Å². The average Bonchev–Trinajstić information content (AvgIpc) is 3.36. The number of hydrogen-bond acceptors (Lipinski definition) is 8. The number of nitrogens with zero attached hydrogens (tertiary/aromatic N) is 2. The SMILES string of the molecule is CCOC(=O)c1sc(N2C(=O)C(=O)/C(=C(/O)c3ccc(Cl)cc3)C2c2cccc(OCC)c2)nc1C. The molecule has 4 rings (SSSR count). The van der Waals surface area contributed by atoms with Gasteiger partial charge in [-0.2, -0.15) is 0 Å². The lowest BCUT2D eigenvalue weighted by atomic mass is 9.95. The minimum Gasteiger partial charge on any atom is -0.507 e. The van der Waals surface area contributed by atoms with Gasteiger partial charge < -0.3 is 14.6 Å². The molecule has 1 aliphatic rings. The number of thiazole rings is 1. The maximum atomic E-state index is 13.3. The Bertz CT molecular complexity index is 1370. The van der Waals surface area contributed by atoms with Crippen LogP contribution in [0.2, 0.25) is 5.02 Å². The average molecular weight is 527 g/mol. The first kappa shape index (κ1) is 25.4. The Morgan fingerprint density at radius 3 is 2.53 bits per heavy atom. The number of amides is 1. The van der Waals surface area contributed by atoms with Crippen LogP contribution in [-0.2, 0) is 14.3 Å². The highest BCUT2D eigenvalue weighted by Gasteiger charge is 2.48. The van der Waals surface area contributed by atoms with Crippen LogP contribution in [0.1, 0.15) is 46.4 Å². The van der Waals surface area contributed by atoms with Crippen molar-refractivity contribution >= 4 is 51.5 Å². The van der Waals surface area contributed by atoms with Gasteiger partial charge in [-0.15, -0.1) is 0 Å². The number of halogens is 1. The number of benzene rings is 2. The van der Waals surface area contributed by atoms with E-state index in [4.69, 9.17) is 21.1 Å². The molecule has 8 nitrogen and oxygen atoms in total. The molecule has 0 aliphatic carbocycles. The van der Waals surface area contributed by atoms with Gasteiger partial charge >= 0.3 is 11.9 Å². The molecule has 1 saturated heterocycles. The van der Waals surface area contributed by atoms with Gasteiger partial charge in [-0.05, 0) is 62.7 Å². The van der Waals surface area contributed by atoms with E-state index in [0.29, 0.717) is 34.2 Å². The van der Waals surface area contributed by atoms with E-state index in [2.05, 4.69) is 4.98 Å². The summed E-state index contributed by atoms with van der Waals surface area (Å²) in [6.07, 6.45) is 0. The van der Waals surface area contributed by atoms with Crippen molar-refractivity contribution in [3.05, 3.63) is 80.8 Å². The number of aromatic nitrogens is 1. The Labute approximate surface area is 216 Å². The quantitative estimate of drug-likeness (QED) is 0.192. The van der Waals surface area contributed by atoms with Crippen LogP contribution < -0.4 is 9.64 Å². The van der Waals surface area contributed by atoms with Gasteiger partial charge in [-0.1, -0.05) is 35.1 Å². The molecule has 1 atom stereocenters. The second kappa shape index (κ2) is 10.5. The van der Waals surface area contributed by atoms with E-state index in [1.54, 1.807) is 62.4 Å². The monoisotopic (exact) mass is 526 g/mol. The predicted octanol–water partition coefficient (Wildman–Crippen LogP) is 5.31. The third-order valence-corrected chi connectivity index (χ3v) is 6.89. The van der Waals surface area contributed by atoms with Crippen LogP contribution >= 0.6 is 22.9 Å². The highest BCUT2D eigenvalue weighted by atomic mass is 35.5. The Balaban J connectivity index is 1.91. The predicted molar refractivity (Wildman–Crippen MR) is 137 cm³/mol. The van der Waals surface area contributed by atoms with Crippen molar-refractivity contribution in [2.75, 3.05) is 18.1 Å². The lowest BCUT2D eigenvalue weighted by Gasteiger charge is -2.23. The summed E-state index contributed by atoms with van der Waals surface area (Å²) in [4.78, 5) is 44.9. The minimum absolute atomic E-state index is 0.110. The van der Waals surface area contributed by atoms with E-state index in [9.17, 15) is 19.5 Å². The molecule has 1 N–H and O–H groups in total. The lowest BCUT2D eigenvalue weighted by molar-refractivity contribution is -0.132. The van der Waals surface area contributed by atoms with Gasteiger partial charge in [0, 0.05) is 10.6 Å². The van der Waals surface area contributed by atoms with E-state index < -0.39 is 23.7 Å². The zero-order chi connectivity index (χ0) is 26.0. The van der Waals surface area contributed by atoms with Gasteiger partial charge in [0.05, 0.1) is 30.5 Å². The summed E-state index contributed by atoms with van der Waals surface area (Å²) in [5.41, 5.74) is 1.11. The van der Waals surface area contributed by atoms with Crippen molar-refractivity contribution in [1.82, 2.24) is 4.98 Å². The highest BCUT2D eigenvalue weighted by molar-refractivity contribution is 7.17. The van der Waals surface area contributed by atoms with Crippen molar-refractivity contribution in [2.45, 2.75) is 26.8 Å². The van der Waals surface area contributed by atoms with Crippen LogP contribution in [0, 0.1) is 6.92 Å². The minimum atomic E-state index is -1.01. The van der Waals surface area contributed by atoms with Gasteiger partial charge in [0.15, 0.2) is 5.13 Å². The zero-order valence-electron chi connectivity index (χ0n) is 19.8. The highest BCUT2D eigenvalue weighted by Crippen LogP contribution is 2.44. The molecule has 3 aromatic rings. The number of carbonyl (C=O) groups excluding carboxylic acids is 3. The van der Waals surface area contributed by atoms with Gasteiger partial charge in [0.1, 0.15) is 16.4 Å². The van der Waals surface area contributed by atoms with E-state index in [-0.39, 0.29) is 27.9 Å². The molecule has 1 aliphatic heterocycles. The summed E-state index contributed by atoms with van der Waals surface area (Å²) >= 11 is 6.93. The van der Waals surface area contributed by atoms with Gasteiger partial charge in [-0.3, -0.25) is 14.5 Å². The molecule has 0 radical (unpaired) electrons. The topological polar surface area (TPSA) is 106 Å². The number of aryl methyl sites for hydroxylation is 1. The van der Waals surface area contributed by atoms with Crippen LogP contribution in [-0.4, -0.2) is 41.0 Å². The van der Waals surface area contributed by atoms with E-state index >= 15 is 0 Å². The van der Waals surface area contributed by atoms with E-state index in [1.165, 1.54) is 4.90 Å². The first-order valence-electron chi connectivity index (χ1n) is 11.2. The normalized spacial score (nSPS) is 16.9. The van der Waals surface area contributed by atoms with Gasteiger partial charge in [0.2, 0.25) is 0 Å². The fourth-order valence-electron chi connectivity index (χ4n) is 3.92. The lowest BCUT2D eigenvalue weighted by Crippen LogP contribution is -2.29. The number of esters is 1. The Kier molecular flexibility index (Phi) is 7.42. The number of Topliss-reactive ketones (excluding diaryl/α,β-unsaturated/α-hetero) is 1. The second-order valence-electron chi connectivity index (χ2n) is 7.81. The largest absolute Gasteiger partial charge is 0.507 e. The van der Waals surface area contributed by atoms with Crippen molar-refractivity contribution < 1.29 is 29.0 Å². The van der Waals surface area contributed by atoms with Crippen LogP contribution in [0.5, 0.6) is 5.75 Å². The Morgan fingerprint density at radius 1 is 1.14 bits per heavy atom. The molecule has 1 unspecified atom stereocenters. The van der Waals surface area contributed by atoms with Gasteiger partial charge in [-0.25, -0.2) is 9.78 Å². The third-order valence-electron chi connectivity index (χ3n) is 5.50. The summed E-state index contributed by atoms with van der Waals surface area (Å²) < 4.78 is 10.7. The molecule has 36 heavy (non-hydrogen) atoms. The molecule has 1 aromatic heterocycles. The fraction of sp³-hybridized carbons (Fsp3) is 0.231. The molecule has 0 bridgehead atoms. The standard InChI is InChI=1S/C26H23ClN2O6S/c1-4-34-18-8-6-7-16(13-18)20-19(21(30)15-9-11-17(27)12-10-15)22(31)24(32)29(20)26-28-14(3)23(36-26)25(33)35-5-2/h6-13,20,30H,4-5H2,1-3H3/b21-19+. The van der Waals surface area contributed by atoms with E-state index in [0.717, 1.165) is 11.3 Å². The number of ketones is 1. The number of aliphatic hydroxyl groups excluding tert-OH is 1. The molecule has 2 heterocycles. The number of anilines is 1. The Hall–Kier alpha value is -3.69. The third kappa shape index (κ3) is 4.72. The smallest absolute Gasteiger partial charge is 0.350 e. The first-order chi connectivity index (χ1) is 17.3. The van der Waals surface area contributed by atoms with Crippen molar-refractivity contribution in [2.24, 2.45) is 0 Å². The van der Waals surface area contributed by atoms with E-state index in [1.807, 2.05) is 6.92 Å². The van der Waals surface area contributed by atoms with Crippen LogP contribution in [0.4, 0.5) is 5.13 Å². The van der Waals surface area contributed by atoms with Crippen molar-refractivity contribution in [3.63, 3.8) is 0 Å². The van der Waals surface area contributed by atoms with Crippen LogP contribution in [0.3, 0.4) is 0 Å². The maximum Gasteiger partial charge on any atom is 0.350 e. The van der Waals surface area contributed by atoms with Crippen LogP contribution in [0.15, 0.2) is 54.1 Å². The molecular formula is C26H23ClN2O6S. The number of carbonyl (C=O) groups is 3. The zero-order valence-corrected chi connectivity index (χ0v) is 21.4. The number of aliphatic hydroxyl groups is 1. The fourth-order valence-corrected chi connectivity index (χ4v) is 5.03. The maximum absolute atomic E-state index is 13.3. The molecule has 10 heteroatoms. The first-order valence-corrected chi connectivity index (χ1v) is 12.4. The number of rotatable bonds is 7. The molecular weight excluding hydrogens is 504 g/mol. The summed E-state index contributed by atoms with van der Waals surface area (Å²) in [5.74, 6) is -2.12. The molecule has 2 aromatic carbocycles. The number of ether oxygens (including phenoxy) is 2. The Morgan fingerprint density at radius 2 is 1.86 bits per heavy atom. The summed E-state index contributed by atoms with van der Waals surface area (Å²) in [5, 5.41) is 11.8. The summed E-state index contributed by atoms with van der Waals surface area (Å²) in [7, 11) is 0.